The molecule has 108 valence electrons. The topological polar surface area (TPSA) is 18.5 Å². The van der Waals surface area contributed by atoms with Gasteiger partial charge in [-0.2, -0.15) is 0 Å². The van der Waals surface area contributed by atoms with Crippen LogP contribution in [-0.4, -0.2) is 43.7 Å². The molecule has 1 aromatic rings. The van der Waals surface area contributed by atoms with E-state index in [9.17, 15) is 0 Å². The minimum atomic E-state index is 0.793. The van der Waals surface area contributed by atoms with Crippen molar-refractivity contribution in [3.05, 3.63) is 23.8 Å². The number of hydrogen-bond acceptors (Lipinski definition) is 3. The Morgan fingerprint density at radius 3 is 2.85 bits per heavy atom. The van der Waals surface area contributed by atoms with Crippen molar-refractivity contribution in [3.8, 4) is 0 Å². The fourth-order valence-electron chi connectivity index (χ4n) is 4.03. The maximum absolute atomic E-state index is 3.56. The van der Waals surface area contributed by atoms with Gasteiger partial charge < -0.3 is 10.2 Å². The van der Waals surface area contributed by atoms with Crippen molar-refractivity contribution in [1.82, 2.24) is 4.90 Å². The van der Waals surface area contributed by atoms with E-state index in [1.54, 1.807) is 0 Å². The van der Waals surface area contributed by atoms with Crippen molar-refractivity contribution >= 4 is 11.4 Å². The van der Waals surface area contributed by atoms with Crippen LogP contribution in [0.25, 0.3) is 0 Å². The van der Waals surface area contributed by atoms with Crippen LogP contribution in [0.2, 0.25) is 0 Å². The van der Waals surface area contributed by atoms with Gasteiger partial charge in [0.15, 0.2) is 0 Å². The zero-order chi connectivity index (χ0) is 13.4. The fraction of sp³-hybridized carbons (Fsp3) is 0.647. The Bertz CT molecular complexity index is 479. The van der Waals surface area contributed by atoms with Gasteiger partial charge in [0.25, 0.3) is 0 Å². The lowest BCUT2D eigenvalue weighted by Crippen LogP contribution is -2.35. The molecule has 1 atom stereocenters. The summed E-state index contributed by atoms with van der Waals surface area (Å²) < 4.78 is 0. The quantitative estimate of drug-likeness (QED) is 0.892. The molecule has 0 radical (unpaired) electrons. The molecule has 4 rings (SSSR count). The molecule has 1 aromatic carbocycles. The number of anilines is 2. The van der Waals surface area contributed by atoms with Gasteiger partial charge in [-0.1, -0.05) is 6.07 Å². The van der Waals surface area contributed by atoms with Crippen molar-refractivity contribution in [3.63, 3.8) is 0 Å². The monoisotopic (exact) mass is 271 g/mol. The Balaban J connectivity index is 1.48. The molecule has 3 aliphatic rings. The molecule has 3 nitrogen and oxygen atoms in total. The Morgan fingerprint density at radius 1 is 1.05 bits per heavy atom. The summed E-state index contributed by atoms with van der Waals surface area (Å²) in [5.74, 6) is 0. The van der Waals surface area contributed by atoms with Gasteiger partial charge in [0, 0.05) is 37.1 Å². The molecule has 2 fully saturated rings. The number of likely N-dealkylation sites (tertiary alicyclic amines) is 1. The second-order valence-corrected chi connectivity index (χ2v) is 6.50. The Labute approximate surface area is 121 Å². The molecular formula is C17H25N3. The molecule has 0 spiro atoms. The molecule has 1 N–H and O–H groups in total. The van der Waals surface area contributed by atoms with Gasteiger partial charge in [0.1, 0.15) is 0 Å². The summed E-state index contributed by atoms with van der Waals surface area (Å²) in [7, 11) is 0. The molecule has 0 saturated carbocycles. The maximum Gasteiger partial charge on any atom is 0.0393 e. The highest BCUT2D eigenvalue weighted by molar-refractivity contribution is 5.63. The minimum Gasteiger partial charge on any atom is -0.385 e. The average Bonchev–Trinajstić information content (AvgIpc) is 3.17. The van der Waals surface area contributed by atoms with Crippen LogP contribution in [0.3, 0.4) is 0 Å². The van der Waals surface area contributed by atoms with E-state index in [4.69, 9.17) is 0 Å². The van der Waals surface area contributed by atoms with Gasteiger partial charge in [-0.3, -0.25) is 4.90 Å². The predicted molar refractivity (Wildman–Crippen MR) is 84.7 cm³/mol. The highest BCUT2D eigenvalue weighted by Crippen LogP contribution is 2.30. The normalized spacial score (nSPS) is 26.6. The highest BCUT2D eigenvalue weighted by atomic mass is 15.3. The van der Waals surface area contributed by atoms with Crippen molar-refractivity contribution in [2.45, 2.75) is 38.1 Å². The van der Waals surface area contributed by atoms with Gasteiger partial charge in [-0.15, -0.1) is 0 Å². The number of nitrogens with zero attached hydrogens (tertiary/aromatic N) is 2. The standard InChI is InChI=1S/C17H25N3/c1-2-10-19(9-1)16-7-11-20(13-16)15-6-5-14-4-3-8-18-17(14)12-15/h5-6,12,16,18H,1-4,7-11,13H2. The van der Waals surface area contributed by atoms with Crippen LogP contribution in [0.1, 0.15) is 31.2 Å². The van der Waals surface area contributed by atoms with E-state index in [1.807, 2.05) is 0 Å². The van der Waals surface area contributed by atoms with E-state index in [0.29, 0.717) is 0 Å². The number of rotatable bonds is 2. The lowest BCUT2D eigenvalue weighted by Gasteiger charge is -2.26. The third-order valence-corrected chi connectivity index (χ3v) is 5.22. The molecular weight excluding hydrogens is 246 g/mol. The van der Waals surface area contributed by atoms with Crippen molar-refractivity contribution in [2.24, 2.45) is 0 Å². The van der Waals surface area contributed by atoms with E-state index in [0.717, 1.165) is 12.6 Å². The van der Waals surface area contributed by atoms with Gasteiger partial charge >= 0.3 is 0 Å². The van der Waals surface area contributed by atoms with Gasteiger partial charge in [0.05, 0.1) is 0 Å². The number of nitrogens with one attached hydrogen (secondary N) is 1. The molecule has 3 heteroatoms. The molecule has 3 heterocycles. The smallest absolute Gasteiger partial charge is 0.0393 e. The van der Waals surface area contributed by atoms with Crippen LogP contribution in [0.15, 0.2) is 18.2 Å². The van der Waals surface area contributed by atoms with E-state index >= 15 is 0 Å². The Morgan fingerprint density at radius 2 is 1.95 bits per heavy atom. The molecule has 20 heavy (non-hydrogen) atoms. The van der Waals surface area contributed by atoms with Crippen LogP contribution in [0.5, 0.6) is 0 Å². The zero-order valence-electron chi connectivity index (χ0n) is 12.3. The minimum absolute atomic E-state index is 0.793. The molecule has 0 aromatic heterocycles. The second-order valence-electron chi connectivity index (χ2n) is 6.50. The SMILES string of the molecule is c1cc2c(cc1N1CCC(N3CCCC3)C1)NCCC2. The molecule has 0 aliphatic carbocycles. The van der Waals surface area contributed by atoms with E-state index < -0.39 is 0 Å². The molecule has 0 amide bonds. The zero-order valence-corrected chi connectivity index (χ0v) is 12.3. The van der Waals surface area contributed by atoms with Crippen molar-refractivity contribution < 1.29 is 0 Å². The lowest BCUT2D eigenvalue weighted by molar-refractivity contribution is 0.260. The third kappa shape index (κ3) is 2.28. The summed E-state index contributed by atoms with van der Waals surface area (Å²) in [6, 6.07) is 7.83. The van der Waals surface area contributed by atoms with Crippen molar-refractivity contribution in [2.75, 3.05) is 42.9 Å². The van der Waals surface area contributed by atoms with Gasteiger partial charge in [-0.05, 0) is 62.9 Å². The number of fused-ring (bicyclic) bond motifs is 1. The Hall–Kier alpha value is -1.22. The first kappa shape index (κ1) is 12.5. The second kappa shape index (κ2) is 5.28. The Kier molecular flexibility index (Phi) is 3.31. The molecule has 2 saturated heterocycles. The van der Waals surface area contributed by atoms with Crippen LogP contribution >= 0.6 is 0 Å². The summed E-state index contributed by atoms with van der Waals surface area (Å²) in [6.07, 6.45) is 6.65. The summed E-state index contributed by atoms with van der Waals surface area (Å²) in [5, 5.41) is 3.56. The first-order chi connectivity index (χ1) is 9.90. The number of benzene rings is 1. The molecule has 1 unspecified atom stereocenters. The summed E-state index contributed by atoms with van der Waals surface area (Å²) in [5.41, 5.74) is 4.29. The number of hydrogen-bond donors (Lipinski definition) is 1. The maximum atomic E-state index is 3.56. The largest absolute Gasteiger partial charge is 0.385 e. The van der Waals surface area contributed by atoms with Gasteiger partial charge in [-0.25, -0.2) is 0 Å². The van der Waals surface area contributed by atoms with Crippen LogP contribution in [-0.2, 0) is 6.42 Å². The first-order valence-electron chi connectivity index (χ1n) is 8.26. The van der Waals surface area contributed by atoms with Crippen LogP contribution in [0, 0.1) is 0 Å². The van der Waals surface area contributed by atoms with Crippen molar-refractivity contribution in [1.29, 1.82) is 0 Å². The lowest BCUT2D eigenvalue weighted by atomic mass is 10.0. The van der Waals surface area contributed by atoms with Crippen LogP contribution in [0.4, 0.5) is 11.4 Å². The van der Waals surface area contributed by atoms with E-state index in [-0.39, 0.29) is 0 Å². The van der Waals surface area contributed by atoms with E-state index in [2.05, 4.69) is 33.3 Å². The summed E-state index contributed by atoms with van der Waals surface area (Å²) in [6.45, 7) is 6.22. The predicted octanol–water partition coefficient (Wildman–Crippen LogP) is 2.72. The summed E-state index contributed by atoms with van der Waals surface area (Å²) >= 11 is 0. The average molecular weight is 271 g/mol. The third-order valence-electron chi connectivity index (χ3n) is 5.22. The fourth-order valence-corrected chi connectivity index (χ4v) is 4.03. The molecule has 3 aliphatic heterocycles. The van der Waals surface area contributed by atoms with Crippen LogP contribution < -0.4 is 10.2 Å². The van der Waals surface area contributed by atoms with E-state index in [1.165, 1.54) is 75.2 Å². The molecule has 0 bridgehead atoms. The highest BCUT2D eigenvalue weighted by Gasteiger charge is 2.29. The first-order valence-corrected chi connectivity index (χ1v) is 8.26. The summed E-state index contributed by atoms with van der Waals surface area (Å²) in [4.78, 5) is 5.29. The van der Waals surface area contributed by atoms with Gasteiger partial charge in [0.2, 0.25) is 0 Å². The number of aryl methyl sites for hydroxylation is 1.